The van der Waals surface area contributed by atoms with E-state index in [4.69, 9.17) is 0 Å². The zero-order chi connectivity index (χ0) is 49.8. The number of aryl methyl sites for hydroxylation is 3. The van der Waals surface area contributed by atoms with E-state index in [9.17, 15) is 38.4 Å². The fourth-order valence-electron chi connectivity index (χ4n) is 6.87. The Morgan fingerprint density at radius 3 is 1.74 bits per heavy atom. The summed E-state index contributed by atoms with van der Waals surface area (Å²) in [4.78, 5) is 120. The molecule has 364 valence electrons. The van der Waals surface area contributed by atoms with E-state index < -0.39 is 41.4 Å². The van der Waals surface area contributed by atoms with Crippen molar-refractivity contribution in [3.8, 4) is 0 Å². The first-order chi connectivity index (χ1) is 32.9. The molecule has 0 aliphatic rings. The van der Waals surface area contributed by atoms with E-state index in [1.54, 1.807) is 46.5 Å². The highest BCUT2D eigenvalue weighted by Gasteiger charge is 2.21. The number of imidazole rings is 3. The van der Waals surface area contributed by atoms with Crippen molar-refractivity contribution in [2.75, 3.05) is 68.1 Å². The van der Waals surface area contributed by atoms with Crippen molar-refractivity contribution in [3.05, 3.63) is 89.9 Å². The zero-order valence-corrected chi connectivity index (χ0v) is 39.0. The monoisotopic (exact) mass is 949 g/mol. The zero-order valence-electron chi connectivity index (χ0n) is 39.0. The van der Waals surface area contributed by atoms with Gasteiger partial charge in [-0.15, -0.1) is 0 Å². The van der Waals surface area contributed by atoms with Gasteiger partial charge in [0.1, 0.15) is 17.2 Å². The summed E-state index contributed by atoms with van der Waals surface area (Å²) in [5, 5.41) is 21.5. The minimum Gasteiger partial charge on any atom is -0.356 e. The molecule has 6 aromatic rings. The summed E-state index contributed by atoms with van der Waals surface area (Å²) in [5.74, 6) is -3.17. The van der Waals surface area contributed by atoms with Crippen molar-refractivity contribution in [3.63, 3.8) is 0 Å². The number of amides is 8. The summed E-state index contributed by atoms with van der Waals surface area (Å²) in [6.45, 7) is 1.50. The van der Waals surface area contributed by atoms with Gasteiger partial charge < -0.3 is 70.7 Å². The third-order valence-electron chi connectivity index (χ3n) is 10.4. The molecule has 0 bridgehead atoms. The Labute approximate surface area is 395 Å². The van der Waals surface area contributed by atoms with Crippen LogP contribution in [0.5, 0.6) is 0 Å². The molecule has 5 heterocycles. The normalized spacial score (nSPS) is 11.0. The first-order valence-corrected chi connectivity index (χ1v) is 21.8. The first kappa shape index (κ1) is 49.8. The maximum Gasteiger partial charge on any atom is 0.292 e. The topological polar surface area (TPSA) is 310 Å². The molecule has 25 heteroatoms. The lowest BCUT2D eigenvalue weighted by Gasteiger charge is -2.10. The quantitative estimate of drug-likeness (QED) is 0.0430. The molecule has 0 fully saturated rings. The number of nitrogens with zero attached hydrogens (tertiary/aromatic N) is 8. The lowest BCUT2D eigenvalue weighted by Crippen LogP contribution is -2.32. The van der Waals surface area contributed by atoms with Crippen LogP contribution in [-0.2, 0) is 42.6 Å². The number of nitrogens with one attached hydrogen (secondary N) is 9. The lowest BCUT2D eigenvalue weighted by atomic mass is 10.3. The van der Waals surface area contributed by atoms with Crippen LogP contribution in [0.4, 0.5) is 23.1 Å². The third-order valence-corrected chi connectivity index (χ3v) is 10.4. The van der Waals surface area contributed by atoms with Crippen LogP contribution in [0, 0.1) is 0 Å². The summed E-state index contributed by atoms with van der Waals surface area (Å²) in [7, 11) is 10.3. The van der Waals surface area contributed by atoms with Crippen molar-refractivity contribution in [2.24, 2.45) is 28.2 Å². The lowest BCUT2D eigenvalue weighted by molar-refractivity contribution is -0.121. The summed E-state index contributed by atoms with van der Waals surface area (Å²) in [6, 6.07) is 11.7. The first-order valence-electron chi connectivity index (χ1n) is 21.8. The molecule has 9 N–H and O–H groups in total. The number of H-pyrrole nitrogens is 1. The van der Waals surface area contributed by atoms with Gasteiger partial charge in [0, 0.05) is 92.2 Å². The van der Waals surface area contributed by atoms with Gasteiger partial charge >= 0.3 is 0 Å². The molecule has 6 rings (SSSR count). The van der Waals surface area contributed by atoms with Crippen LogP contribution in [0.15, 0.2) is 61.1 Å². The molecular weight excluding hydrogens is 895 g/mol. The average Bonchev–Trinajstić information content (AvgIpc) is 4.13. The smallest absolute Gasteiger partial charge is 0.292 e. The van der Waals surface area contributed by atoms with Crippen molar-refractivity contribution in [1.29, 1.82) is 0 Å². The van der Waals surface area contributed by atoms with Crippen LogP contribution in [0.2, 0.25) is 0 Å². The van der Waals surface area contributed by atoms with Crippen molar-refractivity contribution >= 4 is 81.4 Å². The van der Waals surface area contributed by atoms with Gasteiger partial charge in [0.05, 0.1) is 16.7 Å². The summed E-state index contributed by atoms with van der Waals surface area (Å²) in [6.07, 6.45) is 5.19. The Morgan fingerprint density at radius 2 is 1.13 bits per heavy atom. The molecule has 0 aliphatic carbocycles. The van der Waals surface area contributed by atoms with Crippen LogP contribution in [0.1, 0.15) is 78.5 Å². The number of fused-ring (bicyclic) bond motifs is 1. The van der Waals surface area contributed by atoms with Crippen LogP contribution >= 0.6 is 0 Å². The van der Waals surface area contributed by atoms with E-state index in [0.29, 0.717) is 23.3 Å². The van der Waals surface area contributed by atoms with Crippen LogP contribution < -0.4 is 42.5 Å². The number of aromatic nitrogens is 8. The number of aromatic amines is 1. The van der Waals surface area contributed by atoms with E-state index in [1.165, 1.54) is 48.9 Å². The number of carbonyl (C=O) groups is 8. The fourth-order valence-corrected chi connectivity index (χ4v) is 6.87. The minimum atomic E-state index is -0.619. The molecule has 69 heavy (non-hydrogen) atoms. The van der Waals surface area contributed by atoms with Gasteiger partial charge in [-0.3, -0.25) is 38.4 Å². The Morgan fingerprint density at radius 1 is 0.565 bits per heavy atom. The Bertz CT molecular complexity index is 2850. The minimum absolute atomic E-state index is 0.0259. The number of para-hydroxylation sites is 2. The van der Waals surface area contributed by atoms with Gasteiger partial charge in [-0.25, -0.2) is 15.0 Å². The molecule has 25 nitrogen and oxygen atoms in total. The number of benzene rings is 1. The molecular formula is C44H55N17O8. The van der Waals surface area contributed by atoms with Crippen molar-refractivity contribution in [2.45, 2.75) is 25.7 Å². The highest BCUT2D eigenvalue weighted by Crippen LogP contribution is 2.18. The second-order valence-corrected chi connectivity index (χ2v) is 16.1. The number of anilines is 4. The standard InChI is InChI=1S/C44H55N17O8/c1-57(2)21-9-17-45-34(62)14-18-47-41(66)30-22-26(23-58(30)3)49-43(68)38-54-31(24-59(38)4)52-35(63)15-19-46-40(65)29-12-13-33(61(29)6)56-44(69)39-55-32(25-60(39)5)53-36(64)16-20-48-42(67)37-50-27-10-7-8-11-28(27)51-37/h7-8,10-13,22-25H,9,14-21H2,1-6H3,(H,45,62)(H,46,65)(H,47,66)(H,48,67)(H,49,68)(H,50,51)(H,52,63)(H,53,64)(H,56,69). The predicted octanol–water partition coefficient (Wildman–Crippen LogP) is 0.917. The molecule has 0 saturated heterocycles. The van der Waals surface area contributed by atoms with Crippen molar-refractivity contribution < 1.29 is 38.4 Å². The molecule has 0 spiro atoms. The fraction of sp³-hybridized carbons (Fsp3) is 0.341. The molecule has 0 atom stereocenters. The van der Waals surface area contributed by atoms with E-state index in [1.807, 2.05) is 31.1 Å². The predicted molar refractivity (Wildman–Crippen MR) is 254 cm³/mol. The largest absolute Gasteiger partial charge is 0.356 e. The molecule has 1 aromatic carbocycles. The summed E-state index contributed by atoms with van der Waals surface area (Å²) >= 11 is 0. The van der Waals surface area contributed by atoms with E-state index in [0.717, 1.165) is 13.0 Å². The van der Waals surface area contributed by atoms with Gasteiger partial charge in [0.25, 0.3) is 29.5 Å². The second-order valence-electron chi connectivity index (χ2n) is 16.1. The summed E-state index contributed by atoms with van der Waals surface area (Å²) < 4.78 is 5.82. The van der Waals surface area contributed by atoms with Crippen LogP contribution in [-0.4, -0.2) is 137 Å². The molecule has 0 unspecified atom stereocenters. The van der Waals surface area contributed by atoms with E-state index in [2.05, 4.69) is 62.5 Å². The number of rotatable bonds is 22. The van der Waals surface area contributed by atoms with Gasteiger partial charge in [0.15, 0.2) is 17.5 Å². The maximum absolute atomic E-state index is 13.2. The second kappa shape index (κ2) is 22.7. The van der Waals surface area contributed by atoms with Crippen LogP contribution in [0.3, 0.4) is 0 Å². The Balaban J connectivity index is 0.901. The molecule has 5 aromatic heterocycles. The highest BCUT2D eigenvalue weighted by molar-refractivity contribution is 6.05. The SMILES string of the molecule is CN(C)CCCNC(=O)CCNC(=O)c1cc(NC(=O)c2nc(NC(=O)CCNC(=O)c3ccc(NC(=O)c4nc(NC(=O)CCNC(=O)c5nc6ccccc6[nH]5)cn4C)n3C)cn2C)cn1C. The molecule has 0 saturated carbocycles. The number of hydrogen-bond donors (Lipinski definition) is 9. The number of carbonyl (C=O) groups excluding carboxylic acids is 8. The maximum atomic E-state index is 13.2. The van der Waals surface area contributed by atoms with Gasteiger partial charge in [0.2, 0.25) is 29.4 Å². The Kier molecular flexibility index (Phi) is 16.4. The molecule has 0 aliphatic heterocycles. The molecule has 8 amide bonds. The average molecular weight is 950 g/mol. The number of hydrogen-bond acceptors (Lipinski definition) is 12. The third kappa shape index (κ3) is 13.5. The van der Waals surface area contributed by atoms with Gasteiger partial charge in [-0.1, -0.05) is 12.1 Å². The van der Waals surface area contributed by atoms with Gasteiger partial charge in [-0.05, 0) is 57.4 Å². The van der Waals surface area contributed by atoms with Gasteiger partial charge in [-0.2, -0.15) is 0 Å². The van der Waals surface area contributed by atoms with Crippen LogP contribution in [0.25, 0.3) is 11.0 Å². The van der Waals surface area contributed by atoms with Crippen molar-refractivity contribution in [1.82, 2.24) is 64.4 Å². The summed E-state index contributed by atoms with van der Waals surface area (Å²) in [5.41, 5.74) is 2.12. The highest BCUT2D eigenvalue weighted by atomic mass is 16.2. The Hall–Kier alpha value is -8.61. The molecule has 0 radical (unpaired) electrons. The van der Waals surface area contributed by atoms with E-state index >= 15 is 0 Å². The van der Waals surface area contributed by atoms with E-state index in [-0.39, 0.29) is 91.1 Å².